The molecule has 2 aromatic heterocycles. The summed E-state index contributed by atoms with van der Waals surface area (Å²) in [4.78, 5) is 24.3. The zero-order valence-electron chi connectivity index (χ0n) is 16.4. The van der Waals surface area contributed by atoms with Gasteiger partial charge in [0.1, 0.15) is 12.1 Å². The zero-order valence-corrected chi connectivity index (χ0v) is 16.4. The van der Waals surface area contributed by atoms with Crippen molar-refractivity contribution in [2.75, 3.05) is 0 Å². The Morgan fingerprint density at radius 3 is 2.79 bits per heavy atom. The van der Waals surface area contributed by atoms with E-state index in [2.05, 4.69) is 5.10 Å². The number of aryl methyl sites for hydroxylation is 1. The number of aromatic nitrogens is 3. The van der Waals surface area contributed by atoms with Gasteiger partial charge in [0.05, 0.1) is 11.8 Å². The van der Waals surface area contributed by atoms with Crippen molar-refractivity contribution < 1.29 is 14.3 Å². The first-order valence-corrected chi connectivity index (χ1v) is 9.42. The van der Waals surface area contributed by atoms with Crippen molar-refractivity contribution in [3.05, 3.63) is 41.9 Å². The Balaban J connectivity index is 1.75. The van der Waals surface area contributed by atoms with E-state index in [0.717, 1.165) is 41.4 Å². The Kier molecular flexibility index (Phi) is 4.25. The first kappa shape index (κ1) is 18.3. The van der Waals surface area contributed by atoms with E-state index in [4.69, 9.17) is 10.5 Å². The summed E-state index contributed by atoms with van der Waals surface area (Å²) in [5.41, 5.74) is 9.48. The third-order valence-electron chi connectivity index (χ3n) is 4.91. The number of esters is 1. The van der Waals surface area contributed by atoms with Crippen LogP contribution in [0.4, 0.5) is 0 Å². The summed E-state index contributed by atoms with van der Waals surface area (Å²) < 4.78 is 9.15. The van der Waals surface area contributed by atoms with Crippen LogP contribution in [-0.4, -0.2) is 31.8 Å². The molecule has 0 saturated carbocycles. The van der Waals surface area contributed by atoms with E-state index < -0.39 is 11.5 Å². The van der Waals surface area contributed by atoms with Crippen LogP contribution in [-0.2, 0) is 29.0 Å². The van der Waals surface area contributed by atoms with E-state index in [-0.39, 0.29) is 12.5 Å². The van der Waals surface area contributed by atoms with E-state index >= 15 is 0 Å². The Hall–Kier alpha value is -3.09. The Morgan fingerprint density at radius 2 is 2.07 bits per heavy atom. The topological polar surface area (TPSA) is 92.1 Å². The van der Waals surface area contributed by atoms with Crippen LogP contribution in [0.5, 0.6) is 0 Å². The van der Waals surface area contributed by atoms with Gasteiger partial charge in [0.15, 0.2) is 0 Å². The molecule has 3 heterocycles. The fourth-order valence-corrected chi connectivity index (χ4v) is 3.81. The van der Waals surface area contributed by atoms with Gasteiger partial charge in [0, 0.05) is 34.9 Å². The second-order valence-electron chi connectivity index (χ2n) is 8.18. The molecule has 0 aliphatic carbocycles. The molecule has 1 aliphatic heterocycles. The van der Waals surface area contributed by atoms with Gasteiger partial charge in [-0.2, -0.15) is 5.10 Å². The van der Waals surface area contributed by atoms with E-state index in [1.807, 2.05) is 49.8 Å². The Bertz CT molecular complexity index is 1090. The molecule has 0 atom stereocenters. The molecular weight excluding hydrogens is 356 g/mol. The van der Waals surface area contributed by atoms with Gasteiger partial charge in [-0.25, -0.2) is 0 Å². The van der Waals surface area contributed by atoms with Crippen molar-refractivity contribution in [2.24, 2.45) is 5.73 Å². The molecule has 4 rings (SSSR count). The minimum absolute atomic E-state index is 0.0174. The van der Waals surface area contributed by atoms with Crippen LogP contribution in [0, 0.1) is 0 Å². The maximum atomic E-state index is 12.3. The molecule has 1 amide bonds. The lowest BCUT2D eigenvalue weighted by atomic mass is 10.0. The Labute approximate surface area is 163 Å². The molecule has 0 bridgehead atoms. The number of rotatable bonds is 4. The van der Waals surface area contributed by atoms with Crippen molar-refractivity contribution in [3.8, 4) is 11.1 Å². The summed E-state index contributed by atoms with van der Waals surface area (Å²) in [5, 5.41) is 5.18. The number of hydrogen-bond acceptors (Lipinski definition) is 4. The lowest BCUT2D eigenvalue weighted by Crippen LogP contribution is -2.26. The van der Waals surface area contributed by atoms with Crippen LogP contribution in [0.15, 0.2) is 30.6 Å². The summed E-state index contributed by atoms with van der Waals surface area (Å²) in [5.74, 6) is -0.885. The van der Waals surface area contributed by atoms with Gasteiger partial charge in [0.25, 0.3) is 5.91 Å². The minimum atomic E-state index is -0.567. The summed E-state index contributed by atoms with van der Waals surface area (Å²) in [7, 11) is 0. The number of carbonyl (C=O) groups excluding carboxylic acids is 2. The summed E-state index contributed by atoms with van der Waals surface area (Å²) in [6.45, 7) is 6.43. The van der Waals surface area contributed by atoms with Crippen molar-refractivity contribution in [1.82, 2.24) is 14.3 Å². The molecule has 0 saturated heterocycles. The van der Waals surface area contributed by atoms with Crippen LogP contribution < -0.4 is 5.73 Å². The SMILES string of the molecule is CC(C)(C)OC(=O)Cn1cc(C(N)=O)c2cc(-c3cnn4c3CCC4)ccc21. The van der Waals surface area contributed by atoms with Gasteiger partial charge >= 0.3 is 5.97 Å². The van der Waals surface area contributed by atoms with Crippen LogP contribution in [0.3, 0.4) is 0 Å². The summed E-state index contributed by atoms with van der Waals surface area (Å²) in [6.07, 6.45) is 5.59. The van der Waals surface area contributed by atoms with Gasteiger partial charge in [-0.1, -0.05) is 6.07 Å². The van der Waals surface area contributed by atoms with Crippen molar-refractivity contribution >= 4 is 22.8 Å². The number of nitrogens with zero attached hydrogens (tertiary/aromatic N) is 3. The molecular formula is C21H24N4O3. The van der Waals surface area contributed by atoms with E-state index in [0.29, 0.717) is 5.56 Å². The van der Waals surface area contributed by atoms with Crippen LogP contribution >= 0.6 is 0 Å². The molecule has 3 aromatic rings. The molecule has 2 N–H and O–H groups in total. The number of benzene rings is 1. The second kappa shape index (κ2) is 6.51. The lowest BCUT2D eigenvalue weighted by molar-refractivity contribution is -0.155. The van der Waals surface area contributed by atoms with E-state index in [9.17, 15) is 9.59 Å². The highest BCUT2D eigenvalue weighted by Crippen LogP contribution is 2.32. The average molecular weight is 380 g/mol. The maximum Gasteiger partial charge on any atom is 0.326 e. The first-order valence-electron chi connectivity index (χ1n) is 9.42. The molecule has 0 unspecified atom stereocenters. The van der Waals surface area contributed by atoms with Gasteiger partial charge in [0.2, 0.25) is 0 Å². The van der Waals surface area contributed by atoms with Gasteiger partial charge < -0.3 is 15.0 Å². The standard InChI is InChI=1S/C21H24N4O3/c1-21(2,3)28-19(26)12-24-11-16(20(22)27)14-9-13(6-7-17(14)24)15-10-23-25-8-4-5-18(15)25/h6-7,9-11H,4-5,8,12H2,1-3H3,(H2,22,27). The molecule has 28 heavy (non-hydrogen) atoms. The van der Waals surface area contributed by atoms with E-state index in [1.165, 1.54) is 5.69 Å². The number of ether oxygens (including phenoxy) is 1. The van der Waals surface area contributed by atoms with Crippen molar-refractivity contribution in [3.63, 3.8) is 0 Å². The van der Waals surface area contributed by atoms with Crippen LogP contribution in [0.2, 0.25) is 0 Å². The van der Waals surface area contributed by atoms with E-state index in [1.54, 1.807) is 10.8 Å². The monoisotopic (exact) mass is 380 g/mol. The van der Waals surface area contributed by atoms with Gasteiger partial charge in [-0.05, 0) is 51.3 Å². The molecule has 0 spiro atoms. The molecule has 1 aromatic carbocycles. The fourth-order valence-electron chi connectivity index (χ4n) is 3.81. The molecule has 7 heteroatoms. The Morgan fingerprint density at radius 1 is 1.29 bits per heavy atom. The molecule has 0 radical (unpaired) electrons. The minimum Gasteiger partial charge on any atom is -0.459 e. The fraction of sp³-hybridized carbons (Fsp3) is 0.381. The normalized spacial score (nSPS) is 13.7. The third kappa shape index (κ3) is 3.28. The highest BCUT2D eigenvalue weighted by Gasteiger charge is 2.21. The van der Waals surface area contributed by atoms with Crippen LogP contribution in [0.1, 0.15) is 43.2 Å². The molecule has 146 valence electrons. The number of fused-ring (bicyclic) bond motifs is 2. The number of primary amides is 1. The molecule has 1 aliphatic rings. The smallest absolute Gasteiger partial charge is 0.326 e. The number of carbonyl (C=O) groups is 2. The highest BCUT2D eigenvalue weighted by atomic mass is 16.6. The average Bonchev–Trinajstić information content (AvgIpc) is 3.26. The molecule has 7 nitrogen and oxygen atoms in total. The highest BCUT2D eigenvalue weighted by molar-refractivity contribution is 6.07. The largest absolute Gasteiger partial charge is 0.459 e. The molecule has 0 fully saturated rings. The number of nitrogens with two attached hydrogens (primary N) is 1. The maximum absolute atomic E-state index is 12.3. The van der Waals surface area contributed by atoms with Crippen molar-refractivity contribution in [1.29, 1.82) is 0 Å². The number of amides is 1. The third-order valence-corrected chi connectivity index (χ3v) is 4.91. The predicted molar refractivity (Wildman–Crippen MR) is 106 cm³/mol. The van der Waals surface area contributed by atoms with Gasteiger partial charge in [-0.15, -0.1) is 0 Å². The number of hydrogen-bond donors (Lipinski definition) is 1. The first-order chi connectivity index (χ1) is 13.2. The summed E-state index contributed by atoms with van der Waals surface area (Å²) >= 11 is 0. The zero-order chi connectivity index (χ0) is 20.1. The lowest BCUT2D eigenvalue weighted by Gasteiger charge is -2.19. The quantitative estimate of drug-likeness (QED) is 0.705. The van der Waals surface area contributed by atoms with Gasteiger partial charge in [-0.3, -0.25) is 14.3 Å². The van der Waals surface area contributed by atoms with Crippen LogP contribution in [0.25, 0.3) is 22.0 Å². The summed E-state index contributed by atoms with van der Waals surface area (Å²) in [6, 6.07) is 5.87. The predicted octanol–water partition coefficient (Wildman–Crippen LogP) is 2.89. The van der Waals surface area contributed by atoms with Crippen molar-refractivity contribution in [2.45, 2.75) is 52.3 Å². The second-order valence-corrected chi connectivity index (χ2v) is 8.18.